The third-order valence-corrected chi connectivity index (χ3v) is 8.49. The molecule has 7 heteroatoms. The van der Waals surface area contributed by atoms with Crippen LogP contribution in [0.3, 0.4) is 0 Å². The van der Waals surface area contributed by atoms with E-state index in [2.05, 4.69) is 0 Å². The summed E-state index contributed by atoms with van der Waals surface area (Å²) in [6.07, 6.45) is 5.07. The van der Waals surface area contributed by atoms with E-state index in [9.17, 15) is 19.2 Å². The largest absolute Gasteiger partial charge is 0.359 e. The first-order valence-electron chi connectivity index (χ1n) is 13.4. The van der Waals surface area contributed by atoms with E-state index in [1.807, 2.05) is 42.5 Å². The van der Waals surface area contributed by atoms with Crippen LogP contribution in [0, 0.1) is 11.8 Å². The Morgan fingerprint density at radius 1 is 0.707 bits per heavy atom. The molecule has 3 heterocycles. The highest BCUT2D eigenvalue weighted by Gasteiger charge is 2.63. The minimum atomic E-state index is -0.922. The Morgan fingerprint density at radius 3 is 2.15 bits per heavy atom. The number of Topliss-reactive ketones (excluding diaryl/α,β-unsaturated/α-hetero) is 2. The number of anilines is 1. The van der Waals surface area contributed by atoms with Gasteiger partial charge in [0.05, 0.1) is 23.6 Å². The molecule has 200 valence electrons. The molecule has 7 rings (SSSR count). The summed E-state index contributed by atoms with van der Waals surface area (Å²) in [6, 6.07) is 27.0. The van der Waals surface area contributed by atoms with Gasteiger partial charge in [0, 0.05) is 27.9 Å². The first kappa shape index (κ1) is 25.2. The standard InChI is InChI=1S/C34H23ClN2O4/c35-25-13-10-22(11-14-25)32(39)30-29-28(27-19-24(16-17-36(27)30)31(38)21-7-2-1-3-8-21)33(40)37(34(29)41)26-15-12-20-6-4-5-9-23(20)18-26/h1-19,27-30H/t27-,28+,29-,30-/m1/s1. The van der Waals surface area contributed by atoms with Crippen LogP contribution in [0.4, 0.5) is 5.69 Å². The van der Waals surface area contributed by atoms with Crippen molar-refractivity contribution in [3.63, 3.8) is 0 Å². The Labute approximate surface area is 241 Å². The molecule has 4 aromatic rings. The molecule has 0 N–H and O–H groups in total. The molecule has 0 aromatic heterocycles. The third-order valence-electron chi connectivity index (χ3n) is 8.23. The van der Waals surface area contributed by atoms with Crippen molar-refractivity contribution >= 4 is 51.4 Å². The fraction of sp³-hybridized carbons (Fsp3) is 0.118. The van der Waals surface area contributed by atoms with E-state index < -0.39 is 29.8 Å². The van der Waals surface area contributed by atoms with Crippen molar-refractivity contribution in [2.75, 3.05) is 4.90 Å². The fourth-order valence-electron chi connectivity index (χ4n) is 6.31. The van der Waals surface area contributed by atoms with Gasteiger partial charge in [-0.3, -0.25) is 19.2 Å². The van der Waals surface area contributed by atoms with E-state index in [4.69, 9.17) is 11.6 Å². The number of amides is 2. The van der Waals surface area contributed by atoms with Crippen LogP contribution in [-0.4, -0.2) is 40.4 Å². The molecule has 4 aromatic carbocycles. The highest BCUT2D eigenvalue weighted by Crippen LogP contribution is 2.47. The zero-order chi connectivity index (χ0) is 28.2. The second kappa shape index (κ2) is 9.68. The monoisotopic (exact) mass is 558 g/mol. The zero-order valence-corrected chi connectivity index (χ0v) is 22.4. The molecular weight excluding hydrogens is 536 g/mol. The molecule has 2 amide bonds. The Morgan fingerprint density at radius 2 is 1.39 bits per heavy atom. The minimum absolute atomic E-state index is 0.186. The van der Waals surface area contributed by atoms with E-state index in [0.717, 1.165) is 10.8 Å². The predicted molar refractivity (Wildman–Crippen MR) is 157 cm³/mol. The molecule has 0 bridgehead atoms. The summed E-state index contributed by atoms with van der Waals surface area (Å²) < 4.78 is 0. The summed E-state index contributed by atoms with van der Waals surface area (Å²) in [6.45, 7) is 0. The normalized spacial score (nSPS) is 23.0. The van der Waals surface area contributed by atoms with Crippen LogP contribution < -0.4 is 4.90 Å². The Balaban J connectivity index is 1.32. The van der Waals surface area contributed by atoms with Gasteiger partial charge in [0.25, 0.3) is 0 Å². The number of imide groups is 1. The van der Waals surface area contributed by atoms with Crippen molar-refractivity contribution in [2.24, 2.45) is 11.8 Å². The van der Waals surface area contributed by atoms with Gasteiger partial charge < -0.3 is 4.90 Å². The topological polar surface area (TPSA) is 74.8 Å². The number of rotatable bonds is 5. The number of benzene rings is 4. The predicted octanol–water partition coefficient (Wildman–Crippen LogP) is 5.87. The van der Waals surface area contributed by atoms with Gasteiger partial charge in [-0.25, -0.2) is 4.90 Å². The van der Waals surface area contributed by atoms with Crippen molar-refractivity contribution in [3.8, 4) is 0 Å². The molecule has 0 radical (unpaired) electrons. The van der Waals surface area contributed by atoms with Crippen molar-refractivity contribution in [3.05, 3.63) is 137 Å². The first-order valence-corrected chi connectivity index (χ1v) is 13.7. The van der Waals surface area contributed by atoms with Crippen LogP contribution in [0.2, 0.25) is 5.02 Å². The smallest absolute Gasteiger partial charge is 0.240 e. The summed E-state index contributed by atoms with van der Waals surface area (Å²) in [4.78, 5) is 58.5. The average Bonchev–Trinajstić information content (AvgIpc) is 3.48. The number of hydrogen-bond acceptors (Lipinski definition) is 5. The highest BCUT2D eigenvalue weighted by molar-refractivity contribution is 6.30. The summed E-state index contributed by atoms with van der Waals surface area (Å²) in [5.74, 6) is -3.03. The minimum Gasteiger partial charge on any atom is -0.359 e. The maximum absolute atomic E-state index is 14.1. The van der Waals surface area contributed by atoms with Gasteiger partial charge in [0.2, 0.25) is 11.8 Å². The molecule has 6 nitrogen and oxygen atoms in total. The van der Waals surface area contributed by atoms with E-state index in [-0.39, 0.29) is 17.5 Å². The summed E-state index contributed by atoms with van der Waals surface area (Å²) in [7, 11) is 0. The van der Waals surface area contributed by atoms with Gasteiger partial charge in [0.15, 0.2) is 11.6 Å². The van der Waals surface area contributed by atoms with Crippen LogP contribution in [-0.2, 0) is 9.59 Å². The number of fused-ring (bicyclic) bond motifs is 4. The van der Waals surface area contributed by atoms with Crippen molar-refractivity contribution in [2.45, 2.75) is 12.1 Å². The van der Waals surface area contributed by atoms with Crippen LogP contribution in [0.15, 0.2) is 121 Å². The number of halogens is 1. The van der Waals surface area contributed by atoms with Gasteiger partial charge in [0.1, 0.15) is 6.04 Å². The first-order chi connectivity index (χ1) is 19.9. The second-order valence-electron chi connectivity index (χ2n) is 10.5. The van der Waals surface area contributed by atoms with E-state index in [0.29, 0.717) is 27.4 Å². The molecular formula is C34H23ClN2O4. The Kier molecular flexibility index (Phi) is 5.94. The lowest BCUT2D eigenvalue weighted by molar-refractivity contribution is -0.123. The molecule has 3 aliphatic heterocycles. The fourth-order valence-corrected chi connectivity index (χ4v) is 6.44. The maximum Gasteiger partial charge on any atom is 0.240 e. The summed E-state index contributed by atoms with van der Waals surface area (Å²) >= 11 is 6.06. The van der Waals surface area contributed by atoms with Crippen LogP contribution in [0.25, 0.3) is 10.8 Å². The number of carbonyl (C=O) groups is 4. The molecule has 0 spiro atoms. The second-order valence-corrected chi connectivity index (χ2v) is 10.9. The number of carbonyl (C=O) groups excluding carboxylic acids is 4. The van der Waals surface area contributed by atoms with Crippen LogP contribution in [0.5, 0.6) is 0 Å². The number of allylic oxidation sites excluding steroid dienone is 2. The van der Waals surface area contributed by atoms with Crippen molar-refractivity contribution in [1.82, 2.24) is 4.90 Å². The quantitative estimate of drug-likeness (QED) is 0.226. The summed E-state index contributed by atoms with van der Waals surface area (Å²) in [5.41, 5.74) is 1.80. The number of nitrogens with zero attached hydrogens (tertiary/aromatic N) is 2. The highest BCUT2D eigenvalue weighted by atomic mass is 35.5. The molecule has 3 aliphatic rings. The van der Waals surface area contributed by atoms with Gasteiger partial charge in [-0.15, -0.1) is 0 Å². The summed E-state index contributed by atoms with van der Waals surface area (Å²) in [5, 5.41) is 2.37. The van der Waals surface area contributed by atoms with Gasteiger partial charge in [-0.05, 0) is 53.2 Å². The lowest BCUT2D eigenvalue weighted by Crippen LogP contribution is -2.46. The van der Waals surface area contributed by atoms with Gasteiger partial charge in [-0.1, -0.05) is 78.3 Å². The van der Waals surface area contributed by atoms with E-state index in [1.165, 1.54) is 4.90 Å². The molecule has 41 heavy (non-hydrogen) atoms. The maximum atomic E-state index is 14.1. The lowest BCUT2D eigenvalue weighted by Gasteiger charge is -2.32. The van der Waals surface area contributed by atoms with Crippen LogP contribution in [0.1, 0.15) is 20.7 Å². The molecule has 0 saturated carbocycles. The molecule has 4 atom stereocenters. The Hall–Kier alpha value is -4.81. The third kappa shape index (κ3) is 4.02. The number of hydrogen-bond donors (Lipinski definition) is 0. The van der Waals surface area contributed by atoms with Gasteiger partial charge in [-0.2, -0.15) is 0 Å². The van der Waals surface area contributed by atoms with Gasteiger partial charge >= 0.3 is 0 Å². The molecule has 0 aliphatic carbocycles. The molecule has 2 saturated heterocycles. The van der Waals surface area contributed by atoms with E-state index >= 15 is 0 Å². The van der Waals surface area contributed by atoms with Crippen molar-refractivity contribution < 1.29 is 19.2 Å². The lowest BCUT2D eigenvalue weighted by atomic mass is 9.85. The van der Waals surface area contributed by atoms with Crippen LogP contribution >= 0.6 is 11.6 Å². The molecule has 2 fully saturated rings. The average molecular weight is 559 g/mol. The zero-order valence-electron chi connectivity index (χ0n) is 21.7. The van der Waals surface area contributed by atoms with Crippen molar-refractivity contribution in [1.29, 1.82) is 0 Å². The SMILES string of the molecule is O=C(C1=C[C@@H]2[C@@H]3C(=O)N(c4ccc5ccccc5c4)C(=O)[C@H]3[C@H](C(=O)c3ccc(Cl)cc3)N2C=C1)c1ccccc1. The molecule has 0 unspecified atom stereocenters. The van der Waals surface area contributed by atoms with E-state index in [1.54, 1.807) is 77.8 Å². The number of ketones is 2. The Bertz CT molecular complexity index is 1810.